The van der Waals surface area contributed by atoms with Crippen molar-refractivity contribution in [3.05, 3.63) is 59.0 Å². The molecule has 0 bridgehead atoms. The monoisotopic (exact) mass is 356 g/mol. The summed E-state index contributed by atoms with van der Waals surface area (Å²) < 4.78 is 7.11. The highest BCUT2D eigenvalue weighted by Crippen LogP contribution is 2.33. The smallest absolute Gasteiger partial charge is 0.276 e. The van der Waals surface area contributed by atoms with Gasteiger partial charge in [-0.15, -0.1) is 0 Å². The zero-order chi connectivity index (χ0) is 17.4. The Hall–Kier alpha value is -2.60. The van der Waals surface area contributed by atoms with Gasteiger partial charge in [0.15, 0.2) is 11.5 Å². The number of carbonyl (C=O) groups is 1. The number of aromatic nitrogens is 3. The summed E-state index contributed by atoms with van der Waals surface area (Å²) in [6.07, 6.45) is 5.67. The molecule has 6 nitrogen and oxygen atoms in total. The molecule has 3 aromatic rings. The Morgan fingerprint density at radius 1 is 1.32 bits per heavy atom. The van der Waals surface area contributed by atoms with Crippen LogP contribution in [0.25, 0.3) is 11.3 Å². The van der Waals surface area contributed by atoms with Gasteiger partial charge in [-0.1, -0.05) is 16.8 Å². The van der Waals surface area contributed by atoms with E-state index in [9.17, 15) is 4.79 Å². The van der Waals surface area contributed by atoms with Gasteiger partial charge >= 0.3 is 0 Å². The standard InChI is InChI=1S/C18H17ClN4O2/c1-22-11-13(10-20-22)16-3-2-8-23(16)18(24)15-9-17(25-21-15)12-4-6-14(19)7-5-12/h4-7,9-11,16H,2-3,8H2,1H3/t16-/m0/s1. The number of amides is 1. The third-order valence-electron chi connectivity index (χ3n) is 4.48. The van der Waals surface area contributed by atoms with E-state index in [4.69, 9.17) is 16.1 Å². The molecule has 1 fully saturated rings. The van der Waals surface area contributed by atoms with Crippen molar-refractivity contribution in [3.63, 3.8) is 0 Å². The highest BCUT2D eigenvalue weighted by atomic mass is 35.5. The average Bonchev–Trinajstić information content (AvgIpc) is 3.35. The first-order valence-corrected chi connectivity index (χ1v) is 8.52. The van der Waals surface area contributed by atoms with E-state index >= 15 is 0 Å². The zero-order valence-electron chi connectivity index (χ0n) is 13.7. The fraction of sp³-hybridized carbons (Fsp3) is 0.278. The van der Waals surface area contributed by atoms with Crippen LogP contribution in [0.1, 0.15) is 34.9 Å². The van der Waals surface area contributed by atoms with Crippen LogP contribution in [0.5, 0.6) is 0 Å². The van der Waals surface area contributed by atoms with Gasteiger partial charge in [0.2, 0.25) is 0 Å². The molecule has 25 heavy (non-hydrogen) atoms. The summed E-state index contributed by atoms with van der Waals surface area (Å²) >= 11 is 5.90. The largest absolute Gasteiger partial charge is 0.355 e. The molecule has 0 saturated carbocycles. The van der Waals surface area contributed by atoms with Crippen LogP contribution in [-0.4, -0.2) is 32.3 Å². The van der Waals surface area contributed by atoms with Crippen LogP contribution in [0.3, 0.4) is 0 Å². The first-order valence-electron chi connectivity index (χ1n) is 8.14. The molecule has 128 valence electrons. The van der Waals surface area contributed by atoms with E-state index in [0.29, 0.717) is 23.0 Å². The molecule has 0 aliphatic carbocycles. The van der Waals surface area contributed by atoms with Gasteiger partial charge in [0.05, 0.1) is 12.2 Å². The summed E-state index contributed by atoms with van der Waals surface area (Å²) in [6, 6.07) is 8.96. The molecule has 2 aromatic heterocycles. The van der Waals surface area contributed by atoms with Crippen LogP contribution in [0.4, 0.5) is 0 Å². The molecule has 0 radical (unpaired) electrons. The Balaban J connectivity index is 1.57. The third-order valence-corrected chi connectivity index (χ3v) is 4.73. The first kappa shape index (κ1) is 15.9. The topological polar surface area (TPSA) is 64.2 Å². The van der Waals surface area contributed by atoms with E-state index in [-0.39, 0.29) is 11.9 Å². The summed E-state index contributed by atoms with van der Waals surface area (Å²) in [5, 5.41) is 8.83. The molecule has 0 spiro atoms. The highest BCUT2D eigenvalue weighted by molar-refractivity contribution is 6.30. The molecule has 1 saturated heterocycles. The van der Waals surface area contributed by atoms with Gasteiger partial charge in [0, 0.05) is 42.0 Å². The van der Waals surface area contributed by atoms with E-state index in [2.05, 4.69) is 10.3 Å². The van der Waals surface area contributed by atoms with Crippen molar-refractivity contribution in [2.45, 2.75) is 18.9 Å². The van der Waals surface area contributed by atoms with Crippen molar-refractivity contribution in [1.82, 2.24) is 19.8 Å². The summed E-state index contributed by atoms with van der Waals surface area (Å²) in [7, 11) is 1.88. The Bertz CT molecular complexity index is 900. The van der Waals surface area contributed by atoms with E-state index in [1.807, 2.05) is 36.5 Å². The van der Waals surface area contributed by atoms with E-state index in [0.717, 1.165) is 24.0 Å². The number of benzene rings is 1. The fourth-order valence-electron chi connectivity index (χ4n) is 3.24. The van der Waals surface area contributed by atoms with Gasteiger partial charge < -0.3 is 9.42 Å². The van der Waals surface area contributed by atoms with Crippen molar-refractivity contribution < 1.29 is 9.32 Å². The van der Waals surface area contributed by atoms with Gasteiger partial charge in [0.25, 0.3) is 5.91 Å². The summed E-state index contributed by atoms with van der Waals surface area (Å²) in [6.45, 7) is 0.710. The van der Waals surface area contributed by atoms with Crippen LogP contribution < -0.4 is 0 Å². The Morgan fingerprint density at radius 3 is 2.84 bits per heavy atom. The van der Waals surface area contributed by atoms with Gasteiger partial charge in [0.1, 0.15) is 0 Å². The number of aryl methyl sites for hydroxylation is 1. The molecule has 1 atom stereocenters. The second-order valence-electron chi connectivity index (χ2n) is 6.19. The Kier molecular flexibility index (Phi) is 4.05. The number of rotatable bonds is 3. The predicted molar refractivity (Wildman–Crippen MR) is 93.2 cm³/mol. The van der Waals surface area contributed by atoms with E-state index < -0.39 is 0 Å². The minimum absolute atomic E-state index is 0.0388. The lowest BCUT2D eigenvalue weighted by Crippen LogP contribution is -2.30. The molecule has 1 aromatic carbocycles. The SMILES string of the molecule is Cn1cc([C@@H]2CCCN2C(=O)c2cc(-c3ccc(Cl)cc3)on2)cn1. The molecule has 1 amide bonds. The zero-order valence-corrected chi connectivity index (χ0v) is 14.5. The van der Waals surface area contributed by atoms with Gasteiger partial charge in [-0.05, 0) is 37.1 Å². The van der Waals surface area contributed by atoms with Crippen molar-refractivity contribution in [2.75, 3.05) is 6.54 Å². The van der Waals surface area contributed by atoms with Gasteiger partial charge in [-0.25, -0.2) is 0 Å². The van der Waals surface area contributed by atoms with Crippen LogP contribution in [-0.2, 0) is 7.05 Å². The minimum Gasteiger partial charge on any atom is -0.355 e. The summed E-state index contributed by atoms with van der Waals surface area (Å²) in [4.78, 5) is 14.7. The van der Waals surface area contributed by atoms with Crippen molar-refractivity contribution in [1.29, 1.82) is 0 Å². The number of likely N-dealkylation sites (tertiary alicyclic amines) is 1. The van der Waals surface area contributed by atoms with Crippen LogP contribution >= 0.6 is 11.6 Å². The molecule has 4 rings (SSSR count). The second-order valence-corrected chi connectivity index (χ2v) is 6.62. The van der Waals surface area contributed by atoms with Crippen LogP contribution in [0.15, 0.2) is 47.2 Å². The maximum Gasteiger partial charge on any atom is 0.276 e. The summed E-state index contributed by atoms with van der Waals surface area (Å²) in [5.41, 5.74) is 2.21. The lowest BCUT2D eigenvalue weighted by Gasteiger charge is -2.22. The Labute approximate surface area is 150 Å². The second kappa shape index (κ2) is 6.37. The minimum atomic E-state index is -0.115. The van der Waals surface area contributed by atoms with E-state index in [1.54, 1.807) is 22.9 Å². The van der Waals surface area contributed by atoms with Gasteiger partial charge in [-0.2, -0.15) is 5.10 Å². The highest BCUT2D eigenvalue weighted by Gasteiger charge is 2.32. The third kappa shape index (κ3) is 3.05. The molecule has 1 aliphatic heterocycles. The molecule has 1 aliphatic rings. The molecule has 0 N–H and O–H groups in total. The molecular weight excluding hydrogens is 340 g/mol. The van der Waals surface area contributed by atoms with Crippen molar-refractivity contribution >= 4 is 17.5 Å². The normalized spacial score (nSPS) is 17.2. The number of hydrogen-bond donors (Lipinski definition) is 0. The predicted octanol–water partition coefficient (Wildman–Crippen LogP) is 3.71. The fourth-order valence-corrected chi connectivity index (χ4v) is 3.37. The lowest BCUT2D eigenvalue weighted by molar-refractivity contribution is 0.0725. The molecule has 0 unspecified atom stereocenters. The number of carbonyl (C=O) groups excluding carboxylic acids is 1. The maximum absolute atomic E-state index is 12.9. The number of nitrogens with zero attached hydrogens (tertiary/aromatic N) is 4. The Morgan fingerprint density at radius 2 is 2.12 bits per heavy atom. The first-order chi connectivity index (χ1) is 12.1. The molecule has 3 heterocycles. The lowest BCUT2D eigenvalue weighted by atomic mass is 10.1. The maximum atomic E-state index is 12.9. The summed E-state index contributed by atoms with van der Waals surface area (Å²) in [5.74, 6) is 0.437. The van der Waals surface area contributed by atoms with E-state index in [1.165, 1.54) is 0 Å². The number of hydrogen-bond acceptors (Lipinski definition) is 4. The molecular formula is C18H17ClN4O2. The van der Waals surface area contributed by atoms with Crippen molar-refractivity contribution in [3.8, 4) is 11.3 Å². The van der Waals surface area contributed by atoms with Crippen LogP contribution in [0.2, 0.25) is 5.02 Å². The quantitative estimate of drug-likeness (QED) is 0.717. The average molecular weight is 357 g/mol. The van der Waals surface area contributed by atoms with Gasteiger partial charge in [-0.3, -0.25) is 9.48 Å². The molecule has 7 heteroatoms. The number of halogens is 1. The van der Waals surface area contributed by atoms with Crippen LogP contribution in [0, 0.1) is 0 Å². The van der Waals surface area contributed by atoms with Crippen molar-refractivity contribution in [2.24, 2.45) is 7.05 Å².